The van der Waals surface area contributed by atoms with Crippen LogP contribution < -0.4 is 5.73 Å². The van der Waals surface area contributed by atoms with Gasteiger partial charge < -0.3 is 5.73 Å². The van der Waals surface area contributed by atoms with E-state index in [9.17, 15) is 0 Å². The molecule has 1 heterocycles. The first-order chi connectivity index (χ1) is 9.18. The standard InChI is InChI=1S/C15H17ClN2S/c1-11(17)15(12-6-8-18-9-7-12)19-10-13-4-2-3-5-14(13)16/h2-9,11,15H,10,17H2,1H3. The summed E-state index contributed by atoms with van der Waals surface area (Å²) in [4.78, 5) is 4.05. The highest BCUT2D eigenvalue weighted by Gasteiger charge is 2.17. The monoisotopic (exact) mass is 292 g/mol. The minimum atomic E-state index is 0.0786. The molecule has 0 bridgehead atoms. The Morgan fingerprint density at radius 3 is 2.53 bits per heavy atom. The minimum absolute atomic E-state index is 0.0786. The second-order valence-corrected chi connectivity index (χ2v) is 6.00. The van der Waals surface area contributed by atoms with Crippen LogP contribution in [0.3, 0.4) is 0 Å². The molecule has 2 unspecified atom stereocenters. The Hall–Kier alpha value is -1.03. The Morgan fingerprint density at radius 1 is 1.21 bits per heavy atom. The van der Waals surface area contributed by atoms with Crippen molar-refractivity contribution in [1.29, 1.82) is 0 Å². The van der Waals surface area contributed by atoms with Gasteiger partial charge in [-0.3, -0.25) is 4.98 Å². The molecule has 0 aliphatic heterocycles. The highest BCUT2D eigenvalue weighted by Crippen LogP contribution is 2.34. The van der Waals surface area contributed by atoms with Crippen LogP contribution in [0.15, 0.2) is 48.8 Å². The molecular formula is C15H17ClN2S. The van der Waals surface area contributed by atoms with E-state index in [1.165, 1.54) is 5.56 Å². The maximum atomic E-state index is 6.18. The molecule has 2 atom stereocenters. The molecule has 2 nitrogen and oxygen atoms in total. The number of rotatable bonds is 5. The molecule has 1 aromatic carbocycles. The Labute approximate surface area is 123 Å². The number of thioether (sulfide) groups is 1. The zero-order valence-corrected chi connectivity index (χ0v) is 12.4. The number of pyridine rings is 1. The highest BCUT2D eigenvalue weighted by atomic mass is 35.5. The van der Waals surface area contributed by atoms with Crippen LogP contribution in [0.5, 0.6) is 0 Å². The summed E-state index contributed by atoms with van der Waals surface area (Å²) in [7, 11) is 0. The fraction of sp³-hybridized carbons (Fsp3) is 0.267. The Morgan fingerprint density at radius 2 is 1.89 bits per heavy atom. The average molecular weight is 293 g/mol. The molecule has 0 aliphatic rings. The van der Waals surface area contributed by atoms with Gasteiger partial charge in [0, 0.05) is 34.5 Å². The Bertz CT molecular complexity index is 517. The van der Waals surface area contributed by atoms with Gasteiger partial charge in [-0.15, -0.1) is 11.8 Å². The highest BCUT2D eigenvalue weighted by molar-refractivity contribution is 7.98. The summed E-state index contributed by atoms with van der Waals surface area (Å²) in [6.07, 6.45) is 3.61. The smallest absolute Gasteiger partial charge is 0.0450 e. The van der Waals surface area contributed by atoms with E-state index in [1.807, 2.05) is 49.0 Å². The van der Waals surface area contributed by atoms with Crippen LogP contribution in [0.2, 0.25) is 5.02 Å². The van der Waals surface area contributed by atoms with Crippen molar-refractivity contribution in [3.05, 3.63) is 64.9 Å². The van der Waals surface area contributed by atoms with Crippen molar-refractivity contribution in [3.8, 4) is 0 Å². The molecule has 0 fully saturated rings. The van der Waals surface area contributed by atoms with Gasteiger partial charge in [0.1, 0.15) is 0 Å². The first kappa shape index (κ1) is 14.4. The van der Waals surface area contributed by atoms with E-state index in [0.29, 0.717) is 0 Å². The molecule has 0 spiro atoms. The fourth-order valence-electron chi connectivity index (χ4n) is 1.90. The number of halogens is 1. The number of nitrogens with two attached hydrogens (primary N) is 1. The van der Waals surface area contributed by atoms with Gasteiger partial charge in [0.15, 0.2) is 0 Å². The largest absolute Gasteiger partial charge is 0.327 e. The maximum absolute atomic E-state index is 6.18. The van der Waals surface area contributed by atoms with Gasteiger partial charge in [-0.25, -0.2) is 0 Å². The maximum Gasteiger partial charge on any atom is 0.0450 e. The molecule has 2 aromatic rings. The fourth-order valence-corrected chi connectivity index (χ4v) is 3.45. The van der Waals surface area contributed by atoms with Crippen molar-refractivity contribution >= 4 is 23.4 Å². The van der Waals surface area contributed by atoms with E-state index in [-0.39, 0.29) is 11.3 Å². The topological polar surface area (TPSA) is 38.9 Å². The first-order valence-corrected chi connectivity index (χ1v) is 7.61. The summed E-state index contributed by atoms with van der Waals surface area (Å²) in [5, 5.41) is 1.06. The van der Waals surface area contributed by atoms with Crippen LogP contribution in [0.4, 0.5) is 0 Å². The third-order valence-corrected chi connectivity index (χ3v) is 4.80. The summed E-state index contributed by atoms with van der Waals surface area (Å²) in [5.41, 5.74) is 8.45. The molecule has 0 saturated carbocycles. The molecule has 2 N–H and O–H groups in total. The molecule has 1 aromatic heterocycles. The number of benzene rings is 1. The number of nitrogens with zero attached hydrogens (tertiary/aromatic N) is 1. The van der Waals surface area contributed by atoms with Crippen LogP contribution in [-0.4, -0.2) is 11.0 Å². The van der Waals surface area contributed by atoms with Gasteiger partial charge in [0.2, 0.25) is 0 Å². The second kappa shape index (κ2) is 6.94. The summed E-state index contributed by atoms with van der Waals surface area (Å²) in [5.74, 6) is 0.855. The predicted molar refractivity (Wildman–Crippen MR) is 83.4 cm³/mol. The molecule has 0 amide bonds. The molecule has 19 heavy (non-hydrogen) atoms. The number of aromatic nitrogens is 1. The lowest BCUT2D eigenvalue weighted by Crippen LogP contribution is -2.22. The number of hydrogen-bond acceptors (Lipinski definition) is 3. The van der Waals surface area contributed by atoms with Crippen LogP contribution in [0.1, 0.15) is 23.3 Å². The SMILES string of the molecule is CC(N)C(SCc1ccccc1Cl)c1ccncc1. The third kappa shape index (κ3) is 3.96. The summed E-state index contributed by atoms with van der Waals surface area (Å²) < 4.78 is 0. The van der Waals surface area contributed by atoms with Crippen molar-refractivity contribution < 1.29 is 0 Å². The second-order valence-electron chi connectivity index (χ2n) is 4.46. The van der Waals surface area contributed by atoms with Crippen molar-refractivity contribution in [1.82, 2.24) is 4.98 Å². The predicted octanol–water partition coefficient (Wildman–Crippen LogP) is 4.06. The molecule has 100 valence electrons. The minimum Gasteiger partial charge on any atom is -0.327 e. The summed E-state index contributed by atoms with van der Waals surface area (Å²) in [6.45, 7) is 2.03. The van der Waals surface area contributed by atoms with Crippen LogP contribution >= 0.6 is 23.4 Å². The normalized spacial score (nSPS) is 14.1. The van der Waals surface area contributed by atoms with Gasteiger partial charge in [0.25, 0.3) is 0 Å². The molecule has 0 saturated heterocycles. The van der Waals surface area contributed by atoms with Crippen molar-refractivity contribution in [2.75, 3.05) is 0 Å². The van der Waals surface area contributed by atoms with Gasteiger partial charge in [-0.1, -0.05) is 29.8 Å². The summed E-state index contributed by atoms with van der Waals surface area (Å²) >= 11 is 7.99. The van der Waals surface area contributed by atoms with Gasteiger partial charge in [-0.2, -0.15) is 0 Å². The number of hydrogen-bond donors (Lipinski definition) is 1. The third-order valence-electron chi connectivity index (χ3n) is 2.89. The van der Waals surface area contributed by atoms with E-state index in [4.69, 9.17) is 17.3 Å². The van der Waals surface area contributed by atoms with Crippen molar-refractivity contribution in [3.63, 3.8) is 0 Å². The quantitative estimate of drug-likeness (QED) is 0.903. The van der Waals surface area contributed by atoms with E-state index in [1.54, 1.807) is 12.4 Å². The average Bonchev–Trinajstić information content (AvgIpc) is 2.42. The molecule has 4 heteroatoms. The van der Waals surface area contributed by atoms with Crippen LogP contribution in [0.25, 0.3) is 0 Å². The van der Waals surface area contributed by atoms with Gasteiger partial charge in [0.05, 0.1) is 0 Å². The van der Waals surface area contributed by atoms with E-state index in [0.717, 1.165) is 16.3 Å². The van der Waals surface area contributed by atoms with Crippen molar-refractivity contribution in [2.45, 2.75) is 24.0 Å². The molecular weight excluding hydrogens is 276 g/mol. The first-order valence-electron chi connectivity index (χ1n) is 6.19. The van der Waals surface area contributed by atoms with E-state index >= 15 is 0 Å². The van der Waals surface area contributed by atoms with Crippen molar-refractivity contribution in [2.24, 2.45) is 5.73 Å². The lowest BCUT2D eigenvalue weighted by molar-refractivity contribution is 0.720. The van der Waals surface area contributed by atoms with Gasteiger partial charge in [-0.05, 0) is 36.2 Å². The molecule has 0 radical (unpaired) electrons. The zero-order valence-electron chi connectivity index (χ0n) is 10.8. The lowest BCUT2D eigenvalue weighted by Gasteiger charge is -2.21. The molecule has 0 aliphatic carbocycles. The van der Waals surface area contributed by atoms with E-state index in [2.05, 4.69) is 11.1 Å². The zero-order chi connectivity index (χ0) is 13.7. The summed E-state index contributed by atoms with van der Waals surface area (Å²) in [6, 6.07) is 12.1. The van der Waals surface area contributed by atoms with Crippen LogP contribution in [-0.2, 0) is 5.75 Å². The Kier molecular flexibility index (Phi) is 5.25. The Balaban J connectivity index is 2.09. The van der Waals surface area contributed by atoms with Gasteiger partial charge >= 0.3 is 0 Å². The van der Waals surface area contributed by atoms with E-state index < -0.39 is 0 Å². The molecule has 2 rings (SSSR count). The lowest BCUT2D eigenvalue weighted by atomic mass is 10.1. The van der Waals surface area contributed by atoms with Crippen LogP contribution in [0, 0.1) is 0 Å².